The minimum atomic E-state index is -0.893. The van der Waals surface area contributed by atoms with Crippen LogP contribution in [0, 0.1) is 6.92 Å². The van der Waals surface area contributed by atoms with E-state index in [0.29, 0.717) is 5.56 Å². The van der Waals surface area contributed by atoms with E-state index in [1.165, 1.54) is 0 Å². The number of carboxylic acid groups (broad SMARTS) is 1. The first-order valence-corrected chi connectivity index (χ1v) is 6.06. The Labute approximate surface area is 105 Å². The zero-order chi connectivity index (χ0) is 12.7. The van der Waals surface area contributed by atoms with Crippen LogP contribution >= 0.6 is 0 Å². The highest BCUT2D eigenvalue weighted by Gasteiger charge is 2.20. The third kappa shape index (κ3) is 1.61. The number of carboxylic acids is 1. The summed E-state index contributed by atoms with van der Waals surface area (Å²) >= 11 is 0. The number of fused-ring (bicyclic) bond motifs is 1. The van der Waals surface area contributed by atoms with Crippen molar-refractivity contribution in [1.82, 2.24) is 9.55 Å². The average Bonchev–Trinajstić information content (AvgIpc) is 2.88. The first-order valence-electron chi connectivity index (χ1n) is 6.06. The van der Waals surface area contributed by atoms with Gasteiger partial charge < -0.3 is 9.67 Å². The molecule has 1 aliphatic heterocycles. The molecule has 18 heavy (non-hydrogen) atoms. The molecule has 92 valence electrons. The Hall–Kier alpha value is -2.10. The van der Waals surface area contributed by atoms with Crippen molar-refractivity contribution in [3.63, 3.8) is 0 Å². The van der Waals surface area contributed by atoms with Gasteiger partial charge in [0.15, 0.2) is 0 Å². The molecule has 0 unspecified atom stereocenters. The van der Waals surface area contributed by atoms with E-state index in [0.717, 1.165) is 42.2 Å². The maximum absolute atomic E-state index is 11.0. The predicted octanol–water partition coefficient (Wildman–Crippen LogP) is 2.50. The SMILES string of the molecule is Cc1nc2n(c1-c1cccc(C(=O)O)c1)CCC2. The lowest BCUT2D eigenvalue weighted by molar-refractivity contribution is 0.0697. The monoisotopic (exact) mass is 242 g/mol. The van der Waals surface area contributed by atoms with E-state index in [-0.39, 0.29) is 0 Å². The number of hydrogen-bond acceptors (Lipinski definition) is 2. The average molecular weight is 242 g/mol. The smallest absolute Gasteiger partial charge is 0.335 e. The van der Waals surface area contributed by atoms with Gasteiger partial charge in [-0.25, -0.2) is 9.78 Å². The van der Waals surface area contributed by atoms with Gasteiger partial charge in [0.05, 0.1) is 17.0 Å². The molecule has 1 aliphatic rings. The van der Waals surface area contributed by atoms with Crippen LogP contribution in [0.25, 0.3) is 11.3 Å². The molecule has 1 aromatic heterocycles. The molecule has 1 N–H and O–H groups in total. The van der Waals surface area contributed by atoms with Crippen LogP contribution in [0.3, 0.4) is 0 Å². The highest BCUT2D eigenvalue weighted by atomic mass is 16.4. The zero-order valence-corrected chi connectivity index (χ0v) is 10.2. The Balaban J connectivity index is 2.15. The Morgan fingerprint density at radius 3 is 3.06 bits per heavy atom. The van der Waals surface area contributed by atoms with Crippen molar-refractivity contribution < 1.29 is 9.90 Å². The second kappa shape index (κ2) is 3.98. The standard InChI is InChI=1S/C14H14N2O2/c1-9-13(16-7-3-6-12(16)15-9)10-4-2-5-11(8-10)14(17)18/h2,4-5,8H,3,6-7H2,1H3,(H,17,18). The number of imidazole rings is 1. The molecule has 0 radical (unpaired) electrons. The van der Waals surface area contributed by atoms with Crippen LogP contribution in [-0.2, 0) is 13.0 Å². The van der Waals surface area contributed by atoms with Crippen molar-refractivity contribution in [2.24, 2.45) is 0 Å². The predicted molar refractivity (Wildman–Crippen MR) is 67.7 cm³/mol. The molecular formula is C14H14N2O2. The van der Waals surface area contributed by atoms with E-state index in [9.17, 15) is 4.79 Å². The van der Waals surface area contributed by atoms with E-state index in [1.54, 1.807) is 18.2 Å². The van der Waals surface area contributed by atoms with Crippen molar-refractivity contribution >= 4 is 5.97 Å². The summed E-state index contributed by atoms with van der Waals surface area (Å²) in [6.45, 7) is 2.96. The number of benzene rings is 1. The first-order chi connectivity index (χ1) is 8.66. The second-order valence-electron chi connectivity index (χ2n) is 4.60. The number of nitrogens with zero attached hydrogens (tertiary/aromatic N) is 2. The number of aromatic nitrogens is 2. The van der Waals surface area contributed by atoms with E-state index in [4.69, 9.17) is 5.11 Å². The molecule has 0 atom stereocenters. The fraction of sp³-hybridized carbons (Fsp3) is 0.286. The van der Waals surface area contributed by atoms with Crippen molar-refractivity contribution in [2.75, 3.05) is 0 Å². The summed E-state index contributed by atoms with van der Waals surface area (Å²) < 4.78 is 2.20. The molecule has 4 nitrogen and oxygen atoms in total. The topological polar surface area (TPSA) is 55.1 Å². The van der Waals surface area contributed by atoms with Crippen LogP contribution in [0.2, 0.25) is 0 Å². The summed E-state index contributed by atoms with van der Waals surface area (Å²) in [5, 5.41) is 9.05. The summed E-state index contributed by atoms with van der Waals surface area (Å²) in [4.78, 5) is 15.6. The molecule has 2 aromatic rings. The Bertz CT molecular complexity index is 629. The minimum Gasteiger partial charge on any atom is -0.478 e. The van der Waals surface area contributed by atoms with Crippen molar-refractivity contribution in [2.45, 2.75) is 26.3 Å². The molecule has 2 heterocycles. The third-order valence-corrected chi connectivity index (χ3v) is 3.39. The van der Waals surface area contributed by atoms with Crippen LogP contribution < -0.4 is 0 Å². The number of rotatable bonds is 2. The fourth-order valence-electron chi connectivity index (χ4n) is 2.62. The molecule has 1 aromatic carbocycles. The molecular weight excluding hydrogens is 228 g/mol. The van der Waals surface area contributed by atoms with Gasteiger partial charge in [-0.2, -0.15) is 0 Å². The van der Waals surface area contributed by atoms with Gasteiger partial charge in [-0.05, 0) is 25.5 Å². The first kappa shape index (κ1) is 11.0. The summed E-state index contributed by atoms with van der Waals surface area (Å²) in [7, 11) is 0. The van der Waals surface area contributed by atoms with Gasteiger partial charge in [0.2, 0.25) is 0 Å². The van der Waals surface area contributed by atoms with Crippen molar-refractivity contribution in [3.8, 4) is 11.3 Å². The molecule has 0 fully saturated rings. The molecule has 0 amide bonds. The molecule has 4 heteroatoms. The van der Waals surface area contributed by atoms with Gasteiger partial charge in [-0.15, -0.1) is 0 Å². The lowest BCUT2D eigenvalue weighted by Gasteiger charge is -2.07. The number of carbonyl (C=O) groups is 1. The normalized spacial score (nSPS) is 13.6. The van der Waals surface area contributed by atoms with Crippen LogP contribution in [-0.4, -0.2) is 20.6 Å². The van der Waals surface area contributed by atoms with Crippen LogP contribution in [0.15, 0.2) is 24.3 Å². The molecule has 3 rings (SSSR count). The lowest BCUT2D eigenvalue weighted by atomic mass is 10.1. The molecule has 0 saturated carbocycles. The van der Waals surface area contributed by atoms with Gasteiger partial charge in [-0.1, -0.05) is 12.1 Å². The molecule has 0 spiro atoms. The highest BCUT2D eigenvalue weighted by Crippen LogP contribution is 2.29. The summed E-state index contributed by atoms with van der Waals surface area (Å²) in [6, 6.07) is 7.07. The van der Waals surface area contributed by atoms with E-state index < -0.39 is 5.97 Å². The maximum atomic E-state index is 11.0. The van der Waals surface area contributed by atoms with Crippen molar-refractivity contribution in [1.29, 1.82) is 0 Å². The highest BCUT2D eigenvalue weighted by molar-refractivity contribution is 5.89. The Morgan fingerprint density at radius 1 is 1.44 bits per heavy atom. The van der Waals surface area contributed by atoms with Crippen molar-refractivity contribution in [3.05, 3.63) is 41.3 Å². The van der Waals surface area contributed by atoms with Gasteiger partial charge in [-0.3, -0.25) is 0 Å². The molecule has 0 bridgehead atoms. The lowest BCUT2D eigenvalue weighted by Crippen LogP contribution is -1.99. The fourth-order valence-corrected chi connectivity index (χ4v) is 2.62. The number of aryl methyl sites for hydroxylation is 2. The van der Waals surface area contributed by atoms with E-state index in [1.807, 2.05) is 13.0 Å². The summed E-state index contributed by atoms with van der Waals surface area (Å²) in [5.41, 5.74) is 3.30. The molecule has 0 saturated heterocycles. The zero-order valence-electron chi connectivity index (χ0n) is 10.2. The van der Waals surface area contributed by atoms with Crippen LogP contribution in [0.5, 0.6) is 0 Å². The largest absolute Gasteiger partial charge is 0.478 e. The minimum absolute atomic E-state index is 0.320. The summed E-state index contributed by atoms with van der Waals surface area (Å²) in [5.74, 6) is 0.221. The molecule has 0 aliphatic carbocycles. The maximum Gasteiger partial charge on any atom is 0.335 e. The van der Waals surface area contributed by atoms with Gasteiger partial charge in [0, 0.05) is 18.5 Å². The van der Waals surface area contributed by atoms with Crippen LogP contribution in [0.4, 0.5) is 0 Å². The summed E-state index contributed by atoms with van der Waals surface area (Å²) in [6.07, 6.45) is 2.13. The van der Waals surface area contributed by atoms with Crippen LogP contribution in [0.1, 0.15) is 28.3 Å². The van der Waals surface area contributed by atoms with Gasteiger partial charge in [0.1, 0.15) is 5.82 Å². The second-order valence-corrected chi connectivity index (χ2v) is 4.60. The Morgan fingerprint density at radius 2 is 2.28 bits per heavy atom. The number of aromatic carboxylic acids is 1. The third-order valence-electron chi connectivity index (χ3n) is 3.39. The number of hydrogen-bond donors (Lipinski definition) is 1. The van der Waals surface area contributed by atoms with E-state index in [2.05, 4.69) is 9.55 Å². The quantitative estimate of drug-likeness (QED) is 0.880. The van der Waals surface area contributed by atoms with E-state index >= 15 is 0 Å². The van der Waals surface area contributed by atoms with Gasteiger partial charge >= 0.3 is 5.97 Å². The van der Waals surface area contributed by atoms with Gasteiger partial charge in [0.25, 0.3) is 0 Å². The Kier molecular flexibility index (Phi) is 2.44.